The quantitative estimate of drug-likeness (QED) is 0.523. The molecular formula is C16H12Br2. The Kier molecular flexibility index (Phi) is 3.40. The molecule has 0 aliphatic heterocycles. The van der Waals surface area contributed by atoms with Crippen molar-refractivity contribution in [2.45, 2.75) is 9.65 Å². The van der Waals surface area contributed by atoms with Crippen molar-refractivity contribution >= 4 is 44.0 Å². The molecule has 2 aromatic carbocycles. The summed E-state index contributed by atoms with van der Waals surface area (Å²) in [7, 11) is 0. The summed E-state index contributed by atoms with van der Waals surface area (Å²) in [5, 5.41) is 0. The van der Waals surface area contributed by atoms with Gasteiger partial charge in [0.15, 0.2) is 0 Å². The molecule has 1 aliphatic carbocycles. The van der Waals surface area contributed by atoms with Crippen LogP contribution in [0.15, 0.2) is 48.5 Å². The first-order valence-electron chi connectivity index (χ1n) is 5.91. The van der Waals surface area contributed by atoms with Crippen molar-refractivity contribution in [1.82, 2.24) is 0 Å². The molecule has 0 spiro atoms. The molecule has 1 aliphatic rings. The number of alkyl halides is 2. The van der Waals surface area contributed by atoms with Gasteiger partial charge in [-0.2, -0.15) is 0 Å². The third-order valence-electron chi connectivity index (χ3n) is 3.29. The highest BCUT2D eigenvalue weighted by atomic mass is 79.9. The van der Waals surface area contributed by atoms with E-state index in [0.29, 0.717) is 0 Å². The molecule has 2 unspecified atom stereocenters. The summed E-state index contributed by atoms with van der Waals surface area (Å²) < 4.78 is 0. The Bertz CT molecular complexity index is 548. The van der Waals surface area contributed by atoms with Gasteiger partial charge in [-0.1, -0.05) is 92.5 Å². The molecule has 18 heavy (non-hydrogen) atoms. The lowest BCUT2D eigenvalue weighted by molar-refractivity contribution is 0.931. The van der Waals surface area contributed by atoms with E-state index in [1.807, 2.05) is 0 Å². The van der Waals surface area contributed by atoms with E-state index in [-0.39, 0.29) is 9.65 Å². The van der Waals surface area contributed by atoms with Crippen molar-refractivity contribution in [1.29, 1.82) is 0 Å². The lowest BCUT2D eigenvalue weighted by atomic mass is 9.93. The molecule has 0 fully saturated rings. The van der Waals surface area contributed by atoms with Crippen LogP contribution in [-0.4, -0.2) is 0 Å². The van der Waals surface area contributed by atoms with Gasteiger partial charge in [0.1, 0.15) is 0 Å². The topological polar surface area (TPSA) is 0 Å². The molecule has 0 amide bonds. The molecule has 0 heterocycles. The van der Waals surface area contributed by atoms with E-state index in [1.165, 1.54) is 22.3 Å². The van der Waals surface area contributed by atoms with E-state index in [1.54, 1.807) is 0 Å². The number of fused-ring (bicyclic) bond motifs is 2. The minimum absolute atomic E-state index is 0.278. The molecule has 2 aromatic rings. The fourth-order valence-electron chi connectivity index (χ4n) is 2.32. The largest absolute Gasteiger partial charge is 0.0823 e. The minimum atomic E-state index is 0.278. The fraction of sp³-hybridized carbons (Fsp3) is 0.125. The van der Waals surface area contributed by atoms with Crippen LogP contribution in [0.25, 0.3) is 12.2 Å². The van der Waals surface area contributed by atoms with Crippen LogP contribution in [0.1, 0.15) is 31.9 Å². The van der Waals surface area contributed by atoms with Gasteiger partial charge in [-0.15, -0.1) is 0 Å². The Morgan fingerprint density at radius 1 is 0.611 bits per heavy atom. The summed E-state index contributed by atoms with van der Waals surface area (Å²) in [5.74, 6) is 0. The second-order valence-electron chi connectivity index (χ2n) is 4.39. The van der Waals surface area contributed by atoms with Crippen LogP contribution >= 0.6 is 31.9 Å². The van der Waals surface area contributed by atoms with Crippen LogP contribution in [-0.2, 0) is 0 Å². The molecule has 2 heteroatoms. The van der Waals surface area contributed by atoms with Crippen LogP contribution in [0.5, 0.6) is 0 Å². The highest BCUT2D eigenvalue weighted by Crippen LogP contribution is 2.46. The van der Waals surface area contributed by atoms with E-state index in [0.717, 1.165) is 0 Å². The van der Waals surface area contributed by atoms with Crippen molar-refractivity contribution in [3.63, 3.8) is 0 Å². The van der Waals surface area contributed by atoms with Crippen molar-refractivity contribution in [3.05, 3.63) is 70.8 Å². The van der Waals surface area contributed by atoms with E-state index in [4.69, 9.17) is 0 Å². The number of hydrogen-bond acceptors (Lipinski definition) is 0. The smallest absolute Gasteiger partial charge is 0.0567 e. The van der Waals surface area contributed by atoms with Gasteiger partial charge in [0.05, 0.1) is 9.65 Å². The SMILES string of the molecule is BrC1c2ccccc2/C=C\c2ccccc2C1Br. The van der Waals surface area contributed by atoms with E-state index >= 15 is 0 Å². The zero-order chi connectivity index (χ0) is 12.5. The van der Waals surface area contributed by atoms with Crippen molar-refractivity contribution in [2.75, 3.05) is 0 Å². The monoisotopic (exact) mass is 362 g/mol. The average molecular weight is 364 g/mol. The number of halogens is 2. The highest BCUT2D eigenvalue weighted by molar-refractivity contribution is 9.12. The summed E-state index contributed by atoms with van der Waals surface area (Å²) in [5.41, 5.74) is 5.20. The summed E-state index contributed by atoms with van der Waals surface area (Å²) in [6.45, 7) is 0. The Morgan fingerprint density at radius 3 is 1.44 bits per heavy atom. The minimum Gasteiger partial charge on any atom is -0.0823 e. The van der Waals surface area contributed by atoms with Crippen LogP contribution in [0.4, 0.5) is 0 Å². The lowest BCUT2D eigenvalue weighted by Crippen LogP contribution is -2.04. The Hall–Kier alpha value is -0.860. The van der Waals surface area contributed by atoms with Gasteiger partial charge >= 0.3 is 0 Å². The third kappa shape index (κ3) is 2.08. The molecule has 3 rings (SSSR count). The van der Waals surface area contributed by atoms with Gasteiger partial charge in [0.2, 0.25) is 0 Å². The van der Waals surface area contributed by atoms with Gasteiger partial charge in [0, 0.05) is 0 Å². The van der Waals surface area contributed by atoms with Gasteiger partial charge in [-0.05, 0) is 22.3 Å². The highest BCUT2D eigenvalue weighted by Gasteiger charge is 2.24. The number of benzene rings is 2. The van der Waals surface area contributed by atoms with Crippen molar-refractivity contribution < 1.29 is 0 Å². The van der Waals surface area contributed by atoms with Gasteiger partial charge in [0.25, 0.3) is 0 Å². The first-order valence-corrected chi connectivity index (χ1v) is 7.74. The molecule has 0 nitrogen and oxygen atoms in total. The van der Waals surface area contributed by atoms with Crippen LogP contribution in [0.3, 0.4) is 0 Å². The fourth-order valence-corrected chi connectivity index (χ4v) is 3.73. The molecular weight excluding hydrogens is 352 g/mol. The van der Waals surface area contributed by atoms with Crippen LogP contribution < -0.4 is 0 Å². The lowest BCUT2D eigenvalue weighted by Gasteiger charge is -2.23. The Labute approximate surface area is 124 Å². The maximum absolute atomic E-state index is 3.83. The number of rotatable bonds is 0. The molecule has 0 bridgehead atoms. The van der Waals surface area contributed by atoms with E-state index in [2.05, 4.69) is 92.5 Å². The zero-order valence-electron chi connectivity index (χ0n) is 9.68. The van der Waals surface area contributed by atoms with Gasteiger partial charge < -0.3 is 0 Å². The molecule has 0 saturated carbocycles. The Morgan fingerprint density at radius 2 is 1.00 bits per heavy atom. The second-order valence-corrected chi connectivity index (χ2v) is 6.37. The van der Waals surface area contributed by atoms with Crippen LogP contribution in [0, 0.1) is 0 Å². The zero-order valence-corrected chi connectivity index (χ0v) is 12.9. The molecule has 90 valence electrons. The third-order valence-corrected chi connectivity index (χ3v) is 6.04. The van der Waals surface area contributed by atoms with E-state index in [9.17, 15) is 0 Å². The second kappa shape index (κ2) is 5.02. The first kappa shape index (κ1) is 12.2. The molecule has 2 atom stereocenters. The molecule has 0 aromatic heterocycles. The number of hydrogen-bond donors (Lipinski definition) is 0. The maximum atomic E-state index is 3.83. The normalized spacial score (nSPS) is 23.4. The van der Waals surface area contributed by atoms with Gasteiger partial charge in [-0.3, -0.25) is 0 Å². The molecule has 0 N–H and O–H groups in total. The van der Waals surface area contributed by atoms with E-state index < -0.39 is 0 Å². The Balaban J connectivity index is 2.22. The molecule has 0 saturated heterocycles. The maximum Gasteiger partial charge on any atom is 0.0567 e. The van der Waals surface area contributed by atoms with Crippen LogP contribution in [0.2, 0.25) is 0 Å². The predicted octanol–water partition coefficient (Wildman–Crippen LogP) is 5.74. The van der Waals surface area contributed by atoms with Crippen molar-refractivity contribution in [3.8, 4) is 0 Å². The summed E-state index contributed by atoms with van der Waals surface area (Å²) in [6.07, 6.45) is 4.39. The first-order chi connectivity index (χ1) is 8.77. The molecule has 0 radical (unpaired) electrons. The van der Waals surface area contributed by atoms with Crippen molar-refractivity contribution in [2.24, 2.45) is 0 Å². The predicted molar refractivity (Wildman–Crippen MR) is 85.1 cm³/mol. The summed E-state index contributed by atoms with van der Waals surface area (Å²) in [6, 6.07) is 17.0. The average Bonchev–Trinajstić information content (AvgIpc) is 2.43. The summed E-state index contributed by atoms with van der Waals surface area (Å²) in [4.78, 5) is 0.555. The van der Waals surface area contributed by atoms with Gasteiger partial charge in [-0.25, -0.2) is 0 Å². The standard InChI is InChI=1S/C16H12Br2/c17-15-13-7-3-1-5-11(13)9-10-12-6-2-4-8-14(12)16(15)18/h1-10,15-16H/b10-9-. The summed E-state index contributed by atoms with van der Waals surface area (Å²) >= 11 is 7.65.